The maximum Gasteiger partial charge on any atom is 0.124 e. The molecular weight excluding hydrogens is 952 g/mol. The van der Waals surface area contributed by atoms with Crippen LogP contribution < -0.4 is 0 Å². The van der Waals surface area contributed by atoms with Crippen LogP contribution in [0.2, 0.25) is 0 Å². The van der Waals surface area contributed by atoms with E-state index in [4.69, 9.17) is 9.97 Å². The molecule has 0 unspecified atom stereocenters. The van der Waals surface area contributed by atoms with Gasteiger partial charge in [-0.1, -0.05) is 138 Å². The molecule has 0 fully saturated rings. The van der Waals surface area contributed by atoms with Crippen molar-refractivity contribution in [2.75, 3.05) is 0 Å². The summed E-state index contributed by atoms with van der Waals surface area (Å²) in [6.07, 6.45) is 5.66. The van der Waals surface area contributed by atoms with Gasteiger partial charge in [0.05, 0.1) is 16.7 Å². The third-order valence-electron chi connectivity index (χ3n) is 12.0. The van der Waals surface area contributed by atoms with Crippen LogP contribution in [0.25, 0.3) is 94.3 Å². The van der Waals surface area contributed by atoms with Gasteiger partial charge in [-0.25, -0.2) is 0 Å². The van der Waals surface area contributed by atoms with Crippen molar-refractivity contribution in [2.45, 2.75) is 52.4 Å². The number of fused-ring (bicyclic) bond motifs is 4. The quantitative estimate of drug-likeness (QED) is 0.169. The Balaban J connectivity index is 0.00000504. The van der Waals surface area contributed by atoms with Gasteiger partial charge in [0.2, 0.25) is 0 Å². The van der Waals surface area contributed by atoms with E-state index in [9.17, 15) is 5.11 Å². The Bertz CT molecular complexity index is 3320. The number of rotatable bonds is 6. The number of aromatic nitrogens is 4. The van der Waals surface area contributed by atoms with Gasteiger partial charge in [0, 0.05) is 84.0 Å². The third kappa shape index (κ3) is 7.87. The number of phenolic OH excluding ortho intramolecular Hbond substituents is 1. The first-order valence-corrected chi connectivity index (χ1v) is 21.2. The van der Waals surface area contributed by atoms with E-state index in [0.717, 1.165) is 72.3 Å². The SMILES string of the molecule is CC(C)(C)c1cc(-c2cc(-c3[c-]c(-c4cc(-c5cccc6c7ccccc7n(-c7ccc8ccncc8c7)c56)ccn4)ccc3)nc(-c3ccccc3O)c2)cc(C(C)(C)C)c1.[Pt]. The molecule has 0 aliphatic heterocycles. The molecule has 0 aliphatic rings. The van der Waals surface area contributed by atoms with Crippen molar-refractivity contribution >= 4 is 32.6 Å². The molecule has 0 bridgehead atoms. The first kappa shape index (κ1) is 41.7. The molecule has 4 heterocycles. The number of pyridine rings is 3. The molecule has 6 heteroatoms. The molecule has 10 rings (SSSR count). The van der Waals surface area contributed by atoms with Crippen molar-refractivity contribution in [3.05, 3.63) is 187 Å². The monoisotopic (exact) mass is 998 g/mol. The molecule has 0 atom stereocenters. The number of phenols is 1. The molecule has 0 saturated heterocycles. The van der Waals surface area contributed by atoms with E-state index in [0.29, 0.717) is 11.3 Å². The van der Waals surface area contributed by atoms with Gasteiger partial charge in [0.15, 0.2) is 0 Å². The molecule has 10 aromatic rings. The summed E-state index contributed by atoms with van der Waals surface area (Å²) in [5, 5.41) is 15.7. The zero-order valence-electron chi connectivity index (χ0n) is 36.2. The van der Waals surface area contributed by atoms with E-state index < -0.39 is 0 Å². The number of hydrogen-bond donors (Lipinski definition) is 1. The number of para-hydroxylation sites is 3. The Labute approximate surface area is 383 Å². The van der Waals surface area contributed by atoms with Crippen molar-refractivity contribution in [3.63, 3.8) is 0 Å². The fourth-order valence-corrected chi connectivity index (χ4v) is 8.57. The van der Waals surface area contributed by atoms with Crippen molar-refractivity contribution in [1.29, 1.82) is 0 Å². The molecule has 0 spiro atoms. The zero-order chi connectivity index (χ0) is 42.8. The van der Waals surface area contributed by atoms with Crippen molar-refractivity contribution < 1.29 is 26.2 Å². The first-order valence-electron chi connectivity index (χ1n) is 21.2. The minimum atomic E-state index is -0.0493. The average molecular weight is 999 g/mol. The molecular formula is C57H47N4OPt-. The smallest absolute Gasteiger partial charge is 0.124 e. The van der Waals surface area contributed by atoms with Crippen molar-refractivity contribution in [2.24, 2.45) is 0 Å². The van der Waals surface area contributed by atoms with Gasteiger partial charge in [-0.3, -0.25) is 15.0 Å². The maximum atomic E-state index is 11.1. The van der Waals surface area contributed by atoms with E-state index in [1.807, 2.05) is 36.8 Å². The predicted molar refractivity (Wildman–Crippen MR) is 257 cm³/mol. The summed E-state index contributed by atoms with van der Waals surface area (Å²) < 4.78 is 2.38. The van der Waals surface area contributed by atoms with E-state index in [2.05, 4.69) is 185 Å². The van der Waals surface area contributed by atoms with Gasteiger partial charge in [0.25, 0.3) is 0 Å². The van der Waals surface area contributed by atoms with Gasteiger partial charge in [-0.15, -0.1) is 24.3 Å². The minimum absolute atomic E-state index is 0. The standard InChI is InChI=1S/C57H47N4O.Pt/c1-56(2,3)43-28-40(29-44(34-43)57(4,5)6)41-32-51(60-52(33-41)49-16-8-10-20-54(49)62)39-14-11-13-38(27-39)50-31-37(24-26-59-50)46-17-12-18-48-47-15-7-9-19-53(47)61(55(46)48)45-22-21-36-23-25-58-35-42(36)30-45;/h7-26,28-35,62H,1-6H3;/q-1;. The number of benzene rings is 6. The van der Waals surface area contributed by atoms with Crippen LogP contribution in [0.3, 0.4) is 0 Å². The number of hydrogen-bond acceptors (Lipinski definition) is 4. The third-order valence-corrected chi connectivity index (χ3v) is 12.0. The Morgan fingerprint density at radius 3 is 1.95 bits per heavy atom. The predicted octanol–water partition coefficient (Wildman–Crippen LogP) is 14.6. The molecule has 4 aromatic heterocycles. The minimum Gasteiger partial charge on any atom is -0.507 e. The molecule has 1 N–H and O–H groups in total. The molecule has 0 saturated carbocycles. The fraction of sp³-hybridized carbons (Fsp3) is 0.140. The van der Waals surface area contributed by atoms with E-state index in [1.165, 1.54) is 21.9 Å². The summed E-state index contributed by atoms with van der Waals surface area (Å²) in [6.45, 7) is 13.6. The van der Waals surface area contributed by atoms with Gasteiger partial charge in [-0.2, -0.15) is 0 Å². The van der Waals surface area contributed by atoms with Crippen LogP contribution in [-0.2, 0) is 31.9 Å². The summed E-state index contributed by atoms with van der Waals surface area (Å²) in [5.74, 6) is 0.187. The topological polar surface area (TPSA) is 63.8 Å². The van der Waals surface area contributed by atoms with E-state index >= 15 is 0 Å². The largest absolute Gasteiger partial charge is 0.507 e. The molecule has 63 heavy (non-hydrogen) atoms. The second kappa shape index (κ2) is 16.2. The van der Waals surface area contributed by atoms with Crippen LogP contribution in [0.4, 0.5) is 0 Å². The summed E-state index contributed by atoms with van der Waals surface area (Å²) in [6, 6.07) is 56.6. The van der Waals surface area contributed by atoms with Crippen LogP contribution >= 0.6 is 0 Å². The molecule has 0 amide bonds. The van der Waals surface area contributed by atoms with E-state index in [1.54, 1.807) is 6.07 Å². The second-order valence-corrected chi connectivity index (χ2v) is 18.3. The van der Waals surface area contributed by atoms with Crippen LogP contribution in [0.15, 0.2) is 170 Å². The van der Waals surface area contributed by atoms with Gasteiger partial charge in [-0.05, 0) is 92.6 Å². The maximum absolute atomic E-state index is 11.1. The molecule has 5 nitrogen and oxygen atoms in total. The Hall–Kier alpha value is -6.68. The normalized spacial score (nSPS) is 11.9. The average Bonchev–Trinajstić information content (AvgIpc) is 3.63. The summed E-state index contributed by atoms with van der Waals surface area (Å²) in [5.41, 5.74) is 14.7. The Kier molecular flexibility index (Phi) is 10.7. The Morgan fingerprint density at radius 1 is 0.524 bits per heavy atom. The Morgan fingerprint density at radius 2 is 1.17 bits per heavy atom. The molecule has 0 aliphatic carbocycles. The molecule has 6 aromatic carbocycles. The number of nitrogens with zero attached hydrogens (tertiary/aromatic N) is 4. The van der Waals surface area contributed by atoms with E-state index in [-0.39, 0.29) is 37.6 Å². The number of aromatic hydroxyl groups is 1. The van der Waals surface area contributed by atoms with Crippen molar-refractivity contribution in [3.8, 4) is 67.5 Å². The van der Waals surface area contributed by atoms with Crippen LogP contribution in [-0.4, -0.2) is 24.6 Å². The summed E-state index contributed by atoms with van der Waals surface area (Å²) in [4.78, 5) is 14.5. The van der Waals surface area contributed by atoms with Crippen LogP contribution in [0.1, 0.15) is 52.7 Å². The van der Waals surface area contributed by atoms with Gasteiger partial charge >= 0.3 is 0 Å². The van der Waals surface area contributed by atoms with Gasteiger partial charge < -0.3 is 9.67 Å². The fourth-order valence-electron chi connectivity index (χ4n) is 8.57. The summed E-state index contributed by atoms with van der Waals surface area (Å²) >= 11 is 0. The second-order valence-electron chi connectivity index (χ2n) is 18.3. The first-order chi connectivity index (χ1) is 29.9. The van der Waals surface area contributed by atoms with Crippen molar-refractivity contribution in [1.82, 2.24) is 19.5 Å². The van der Waals surface area contributed by atoms with Gasteiger partial charge in [0.1, 0.15) is 5.75 Å². The summed E-state index contributed by atoms with van der Waals surface area (Å²) in [7, 11) is 0. The molecule has 0 radical (unpaired) electrons. The van der Waals surface area contributed by atoms with Crippen LogP contribution in [0, 0.1) is 6.07 Å². The molecule has 312 valence electrons. The van der Waals surface area contributed by atoms with Crippen LogP contribution in [0.5, 0.6) is 5.75 Å². The zero-order valence-corrected chi connectivity index (χ0v) is 38.5.